The standard InChI is InChI=1S/C15H29N3/c1-5-8-9-14(6-2)11-16-12-15-10-13(4)17-18(15)7-3/h10,14,16H,5-9,11-12H2,1-4H3. The molecule has 1 unspecified atom stereocenters. The quantitative estimate of drug-likeness (QED) is 0.728. The van der Waals surface area contributed by atoms with Crippen molar-refractivity contribution in [2.45, 2.75) is 66.5 Å². The van der Waals surface area contributed by atoms with Crippen molar-refractivity contribution >= 4 is 0 Å². The molecule has 0 aromatic carbocycles. The van der Waals surface area contributed by atoms with Crippen molar-refractivity contribution in [3.05, 3.63) is 17.5 Å². The molecule has 0 saturated carbocycles. The van der Waals surface area contributed by atoms with Crippen LogP contribution >= 0.6 is 0 Å². The molecule has 0 aliphatic rings. The minimum atomic E-state index is 0.823. The van der Waals surface area contributed by atoms with Crippen LogP contribution in [0, 0.1) is 12.8 Å². The fourth-order valence-corrected chi connectivity index (χ4v) is 2.36. The summed E-state index contributed by atoms with van der Waals surface area (Å²) in [6, 6.07) is 2.18. The normalized spacial score (nSPS) is 12.9. The minimum absolute atomic E-state index is 0.823. The predicted molar refractivity (Wildman–Crippen MR) is 77.7 cm³/mol. The second-order valence-corrected chi connectivity index (χ2v) is 5.14. The SMILES string of the molecule is CCCCC(CC)CNCc1cc(C)nn1CC. The van der Waals surface area contributed by atoms with Crippen molar-refractivity contribution < 1.29 is 0 Å². The molecule has 1 N–H and O–H groups in total. The molecule has 1 aromatic heterocycles. The second kappa shape index (κ2) is 8.30. The fourth-order valence-electron chi connectivity index (χ4n) is 2.36. The summed E-state index contributed by atoms with van der Waals surface area (Å²) in [6.45, 7) is 11.8. The number of hydrogen-bond donors (Lipinski definition) is 1. The van der Waals surface area contributed by atoms with E-state index in [0.717, 1.165) is 31.2 Å². The van der Waals surface area contributed by atoms with Crippen LogP contribution in [0.25, 0.3) is 0 Å². The summed E-state index contributed by atoms with van der Waals surface area (Å²) in [5.41, 5.74) is 2.42. The summed E-state index contributed by atoms with van der Waals surface area (Å²) >= 11 is 0. The van der Waals surface area contributed by atoms with Gasteiger partial charge in [-0.25, -0.2) is 0 Å². The first-order valence-corrected chi connectivity index (χ1v) is 7.45. The Kier molecular flexibility index (Phi) is 7.02. The van der Waals surface area contributed by atoms with E-state index < -0.39 is 0 Å². The van der Waals surface area contributed by atoms with Crippen LogP contribution in [0.3, 0.4) is 0 Å². The van der Waals surface area contributed by atoms with Crippen LogP contribution in [0.4, 0.5) is 0 Å². The van der Waals surface area contributed by atoms with Gasteiger partial charge in [0.1, 0.15) is 0 Å². The number of hydrogen-bond acceptors (Lipinski definition) is 2. The number of aryl methyl sites for hydroxylation is 2. The van der Waals surface area contributed by atoms with Crippen molar-refractivity contribution in [3.8, 4) is 0 Å². The molecule has 0 amide bonds. The van der Waals surface area contributed by atoms with E-state index >= 15 is 0 Å². The number of rotatable bonds is 9. The van der Waals surface area contributed by atoms with Crippen molar-refractivity contribution in [2.24, 2.45) is 5.92 Å². The van der Waals surface area contributed by atoms with Gasteiger partial charge < -0.3 is 5.32 Å². The third-order valence-electron chi connectivity index (χ3n) is 3.57. The van der Waals surface area contributed by atoms with Crippen molar-refractivity contribution in [1.29, 1.82) is 0 Å². The highest BCUT2D eigenvalue weighted by Crippen LogP contribution is 2.11. The average Bonchev–Trinajstić information content (AvgIpc) is 2.74. The molecule has 0 fully saturated rings. The topological polar surface area (TPSA) is 29.9 Å². The number of aromatic nitrogens is 2. The maximum Gasteiger partial charge on any atom is 0.0597 e. The summed E-state index contributed by atoms with van der Waals surface area (Å²) < 4.78 is 2.09. The Morgan fingerprint density at radius 2 is 2.11 bits per heavy atom. The van der Waals surface area contributed by atoms with Crippen LogP contribution in [-0.4, -0.2) is 16.3 Å². The summed E-state index contributed by atoms with van der Waals surface area (Å²) in [4.78, 5) is 0. The van der Waals surface area contributed by atoms with Crippen molar-refractivity contribution in [2.75, 3.05) is 6.54 Å². The van der Waals surface area contributed by atoms with Crippen LogP contribution in [0.1, 0.15) is 57.8 Å². The van der Waals surface area contributed by atoms with Gasteiger partial charge in [-0.2, -0.15) is 5.10 Å². The molecular formula is C15H29N3. The average molecular weight is 251 g/mol. The zero-order valence-corrected chi connectivity index (χ0v) is 12.5. The smallest absolute Gasteiger partial charge is 0.0597 e. The Balaban J connectivity index is 2.35. The Labute approximate surface area is 112 Å². The summed E-state index contributed by atoms with van der Waals surface area (Å²) in [6.07, 6.45) is 5.29. The van der Waals surface area contributed by atoms with Crippen LogP contribution in [0.2, 0.25) is 0 Å². The van der Waals surface area contributed by atoms with Gasteiger partial charge in [0.2, 0.25) is 0 Å². The molecule has 1 aromatic rings. The Bertz CT molecular complexity index is 330. The fraction of sp³-hybridized carbons (Fsp3) is 0.800. The summed E-state index contributed by atoms with van der Waals surface area (Å²) in [7, 11) is 0. The number of unbranched alkanes of at least 4 members (excludes halogenated alkanes) is 1. The van der Waals surface area contributed by atoms with Crippen molar-refractivity contribution in [1.82, 2.24) is 15.1 Å². The highest BCUT2D eigenvalue weighted by Gasteiger charge is 2.07. The summed E-state index contributed by atoms with van der Waals surface area (Å²) in [5, 5.41) is 8.06. The molecule has 0 radical (unpaired) electrons. The molecule has 3 nitrogen and oxygen atoms in total. The van der Waals surface area contributed by atoms with Gasteiger partial charge in [0.25, 0.3) is 0 Å². The Morgan fingerprint density at radius 3 is 2.72 bits per heavy atom. The van der Waals surface area contributed by atoms with E-state index in [2.05, 4.69) is 48.9 Å². The minimum Gasteiger partial charge on any atom is -0.311 e. The third-order valence-corrected chi connectivity index (χ3v) is 3.57. The van der Waals surface area contributed by atoms with E-state index in [1.54, 1.807) is 0 Å². The van der Waals surface area contributed by atoms with E-state index in [1.165, 1.54) is 31.4 Å². The molecule has 1 rings (SSSR count). The first kappa shape index (κ1) is 15.2. The molecule has 1 atom stereocenters. The molecule has 1 heterocycles. The molecule has 104 valence electrons. The van der Waals surface area contributed by atoms with Crippen LogP contribution in [0.15, 0.2) is 6.07 Å². The van der Waals surface area contributed by atoms with E-state index in [0.29, 0.717) is 0 Å². The van der Waals surface area contributed by atoms with E-state index in [-0.39, 0.29) is 0 Å². The lowest BCUT2D eigenvalue weighted by molar-refractivity contribution is 0.414. The number of nitrogens with one attached hydrogen (secondary N) is 1. The van der Waals surface area contributed by atoms with Gasteiger partial charge in [-0.15, -0.1) is 0 Å². The molecule has 18 heavy (non-hydrogen) atoms. The van der Waals surface area contributed by atoms with Gasteiger partial charge in [-0.1, -0.05) is 33.1 Å². The van der Waals surface area contributed by atoms with E-state index in [4.69, 9.17) is 0 Å². The maximum atomic E-state index is 4.47. The van der Waals surface area contributed by atoms with Gasteiger partial charge >= 0.3 is 0 Å². The second-order valence-electron chi connectivity index (χ2n) is 5.14. The monoisotopic (exact) mass is 251 g/mol. The van der Waals surface area contributed by atoms with Crippen LogP contribution in [0.5, 0.6) is 0 Å². The van der Waals surface area contributed by atoms with E-state index in [9.17, 15) is 0 Å². The van der Waals surface area contributed by atoms with Gasteiger partial charge in [0, 0.05) is 13.1 Å². The lowest BCUT2D eigenvalue weighted by Crippen LogP contribution is -2.23. The largest absolute Gasteiger partial charge is 0.311 e. The van der Waals surface area contributed by atoms with Crippen LogP contribution in [-0.2, 0) is 13.1 Å². The third kappa shape index (κ3) is 4.81. The zero-order valence-electron chi connectivity index (χ0n) is 12.5. The maximum absolute atomic E-state index is 4.47. The lowest BCUT2D eigenvalue weighted by Gasteiger charge is -2.15. The van der Waals surface area contributed by atoms with Crippen LogP contribution < -0.4 is 5.32 Å². The highest BCUT2D eigenvalue weighted by molar-refractivity contribution is 5.08. The first-order chi connectivity index (χ1) is 8.71. The van der Waals surface area contributed by atoms with Gasteiger partial charge in [0.05, 0.1) is 11.4 Å². The molecule has 0 saturated heterocycles. The van der Waals surface area contributed by atoms with Gasteiger partial charge in [0.15, 0.2) is 0 Å². The molecular weight excluding hydrogens is 222 g/mol. The molecule has 0 bridgehead atoms. The highest BCUT2D eigenvalue weighted by atomic mass is 15.3. The lowest BCUT2D eigenvalue weighted by atomic mass is 9.99. The van der Waals surface area contributed by atoms with E-state index in [1.807, 2.05) is 0 Å². The molecule has 0 aliphatic heterocycles. The van der Waals surface area contributed by atoms with Gasteiger partial charge in [-0.05, 0) is 38.8 Å². The predicted octanol–water partition coefficient (Wildman–Crippen LogP) is 3.52. The van der Waals surface area contributed by atoms with Gasteiger partial charge in [-0.3, -0.25) is 4.68 Å². The first-order valence-electron chi connectivity index (χ1n) is 7.45. The summed E-state index contributed by atoms with van der Waals surface area (Å²) in [5.74, 6) is 0.823. The van der Waals surface area contributed by atoms with Crippen molar-refractivity contribution in [3.63, 3.8) is 0 Å². The zero-order chi connectivity index (χ0) is 13.4. The molecule has 3 heteroatoms. The molecule has 0 aliphatic carbocycles. The Morgan fingerprint density at radius 1 is 1.33 bits per heavy atom. The Hall–Kier alpha value is -0.830. The number of nitrogens with zero attached hydrogens (tertiary/aromatic N) is 2. The molecule has 0 spiro atoms.